The molecule has 3 N–H and O–H groups in total. The van der Waals surface area contributed by atoms with Gasteiger partial charge in [0, 0.05) is 25.2 Å². The van der Waals surface area contributed by atoms with E-state index in [-0.39, 0.29) is 18.4 Å². The lowest BCUT2D eigenvalue weighted by Crippen LogP contribution is -2.34. The van der Waals surface area contributed by atoms with E-state index in [0.29, 0.717) is 36.9 Å². The Bertz CT molecular complexity index is 903. The number of hydrogen-bond acceptors (Lipinski definition) is 8. The minimum absolute atomic E-state index is 0.0161. The molecule has 1 aromatic carbocycles. The number of piperidine rings is 1. The second-order valence-electron chi connectivity index (χ2n) is 8.18. The van der Waals surface area contributed by atoms with Gasteiger partial charge in [-0.2, -0.15) is 13.8 Å². The van der Waals surface area contributed by atoms with Gasteiger partial charge in [0.1, 0.15) is 5.75 Å². The van der Waals surface area contributed by atoms with Gasteiger partial charge in [-0.1, -0.05) is 0 Å². The summed E-state index contributed by atoms with van der Waals surface area (Å²) in [7, 11) is 0. The lowest BCUT2D eigenvalue weighted by Gasteiger charge is -2.30. The van der Waals surface area contributed by atoms with Crippen LogP contribution in [0.4, 0.5) is 14.7 Å². The van der Waals surface area contributed by atoms with Gasteiger partial charge in [-0.15, -0.1) is 0 Å². The van der Waals surface area contributed by atoms with E-state index in [1.54, 1.807) is 18.2 Å². The van der Waals surface area contributed by atoms with Crippen LogP contribution in [0.1, 0.15) is 53.9 Å². The van der Waals surface area contributed by atoms with E-state index >= 15 is 0 Å². The Hall–Kier alpha value is -2.79. The molecule has 3 rings (SSSR count). The molecule has 0 bridgehead atoms. The molecule has 1 saturated heterocycles. The molecule has 0 saturated carbocycles. The van der Waals surface area contributed by atoms with E-state index in [2.05, 4.69) is 20.0 Å². The van der Waals surface area contributed by atoms with Crippen molar-refractivity contribution < 1.29 is 33.0 Å². The first-order valence-corrected chi connectivity index (χ1v) is 11.0. The summed E-state index contributed by atoms with van der Waals surface area (Å²) >= 11 is 0. The molecule has 33 heavy (non-hydrogen) atoms. The van der Waals surface area contributed by atoms with Crippen molar-refractivity contribution in [3.63, 3.8) is 0 Å². The van der Waals surface area contributed by atoms with Crippen molar-refractivity contribution >= 4 is 11.9 Å². The molecule has 0 aliphatic carbocycles. The van der Waals surface area contributed by atoms with Crippen LogP contribution in [0.3, 0.4) is 0 Å². The average molecular weight is 469 g/mol. The highest BCUT2D eigenvalue weighted by molar-refractivity contribution is 5.95. The van der Waals surface area contributed by atoms with E-state index in [9.17, 15) is 18.7 Å². The summed E-state index contributed by atoms with van der Waals surface area (Å²) in [6.45, 7) is 3.34. The molecular weight excluding hydrogens is 438 g/mol. The molecule has 1 aliphatic heterocycles. The van der Waals surface area contributed by atoms with Gasteiger partial charge in [0.25, 0.3) is 17.7 Å². The lowest BCUT2D eigenvalue weighted by atomic mass is 9.92. The molecular formula is C22H30F2N4O5. The monoisotopic (exact) mass is 468 g/mol. The quantitative estimate of drug-likeness (QED) is 0.430. The number of nitrogens with one attached hydrogen (secondary N) is 1. The maximum Gasteiger partial charge on any atom is 0.316 e. The summed E-state index contributed by atoms with van der Waals surface area (Å²) in [6.07, 6.45) is -0.0235. The minimum Gasteiger partial charge on any atom is -0.494 e. The number of ether oxygens (including phenoxy) is 1. The Morgan fingerprint density at radius 3 is 2.76 bits per heavy atom. The van der Waals surface area contributed by atoms with Crippen LogP contribution in [0.25, 0.3) is 0 Å². The first-order chi connectivity index (χ1) is 15.9. The number of amides is 1. The summed E-state index contributed by atoms with van der Waals surface area (Å²) in [4.78, 5) is 17.8. The molecule has 1 unspecified atom stereocenters. The van der Waals surface area contributed by atoms with Crippen LogP contribution in [-0.4, -0.2) is 65.2 Å². The highest BCUT2D eigenvalue weighted by Gasteiger charge is 2.24. The maximum atomic E-state index is 12.6. The molecule has 9 nitrogen and oxygen atoms in total. The molecule has 1 amide bonds. The van der Waals surface area contributed by atoms with Crippen LogP contribution < -0.4 is 15.0 Å². The third kappa shape index (κ3) is 7.10. The number of aliphatic hydroxyl groups is 2. The predicted octanol–water partition coefficient (Wildman–Crippen LogP) is 2.47. The lowest BCUT2D eigenvalue weighted by molar-refractivity contribution is 0.0801. The molecule has 1 atom stereocenters. The summed E-state index contributed by atoms with van der Waals surface area (Å²) in [5.41, 5.74) is 1.24. The van der Waals surface area contributed by atoms with Gasteiger partial charge in [-0.05, 0) is 67.4 Å². The number of carbonyl (C=O) groups excluding carboxylic acids is 1. The third-order valence-electron chi connectivity index (χ3n) is 5.69. The third-order valence-corrected chi connectivity index (χ3v) is 5.69. The number of nitrogens with zero attached hydrogens (tertiary/aromatic N) is 3. The zero-order valence-electron chi connectivity index (χ0n) is 18.5. The Labute approximate surface area is 190 Å². The van der Waals surface area contributed by atoms with Crippen LogP contribution in [0, 0.1) is 12.8 Å². The van der Waals surface area contributed by atoms with Crippen molar-refractivity contribution in [3.8, 4) is 5.75 Å². The van der Waals surface area contributed by atoms with Crippen molar-refractivity contribution in [2.45, 2.75) is 45.1 Å². The predicted molar refractivity (Wildman–Crippen MR) is 116 cm³/mol. The van der Waals surface area contributed by atoms with Gasteiger partial charge < -0.3 is 29.7 Å². The number of hydrogen-bond donors (Lipinski definition) is 3. The number of anilines is 1. The summed E-state index contributed by atoms with van der Waals surface area (Å²) < 4.78 is 35.6. The van der Waals surface area contributed by atoms with Crippen molar-refractivity contribution in [2.75, 3.05) is 37.7 Å². The minimum atomic E-state index is -2.76. The summed E-state index contributed by atoms with van der Waals surface area (Å²) in [6, 6.07) is 5.22. The molecule has 2 aromatic rings. The van der Waals surface area contributed by atoms with Gasteiger partial charge in [-0.25, -0.2) is 0 Å². The van der Waals surface area contributed by atoms with Gasteiger partial charge in [0.2, 0.25) is 0 Å². The van der Waals surface area contributed by atoms with Crippen LogP contribution >= 0.6 is 0 Å². The molecule has 0 spiro atoms. The molecule has 1 aromatic heterocycles. The average Bonchev–Trinajstić information content (AvgIpc) is 3.31. The van der Waals surface area contributed by atoms with Crippen molar-refractivity contribution in [3.05, 3.63) is 35.2 Å². The topological polar surface area (TPSA) is 121 Å². The summed E-state index contributed by atoms with van der Waals surface area (Å²) in [5, 5.41) is 24.4. The standard InChI is InChI=1S/C22H30F2N4O5/c1-14-11-17(4-5-18(14)20(31)25-12-16(30)13-29)32-10-2-3-15-6-8-28(9-7-15)22-26-21(19(23)24)33-27-22/h4-5,11,15-16,19,29-30H,2-3,6-10,12-13H2,1H3,(H,25,31). The van der Waals surface area contributed by atoms with E-state index in [1.165, 1.54) is 0 Å². The van der Waals surface area contributed by atoms with Crippen LogP contribution in [0.2, 0.25) is 0 Å². The van der Waals surface area contributed by atoms with Crippen LogP contribution in [0.5, 0.6) is 5.75 Å². The van der Waals surface area contributed by atoms with E-state index in [0.717, 1.165) is 31.2 Å². The molecule has 1 aliphatic rings. The fourth-order valence-electron chi connectivity index (χ4n) is 3.78. The van der Waals surface area contributed by atoms with E-state index in [1.807, 2.05) is 11.8 Å². The zero-order valence-corrected chi connectivity index (χ0v) is 18.5. The molecule has 1 fully saturated rings. The smallest absolute Gasteiger partial charge is 0.316 e. The Balaban J connectivity index is 1.36. The number of rotatable bonds is 11. The molecule has 182 valence electrons. The van der Waals surface area contributed by atoms with Gasteiger partial charge in [0.05, 0.1) is 19.3 Å². The fraction of sp³-hybridized carbons (Fsp3) is 0.591. The van der Waals surface area contributed by atoms with Crippen molar-refractivity contribution in [1.82, 2.24) is 15.5 Å². The number of aryl methyl sites for hydroxylation is 1. The first-order valence-electron chi connectivity index (χ1n) is 11.0. The molecule has 11 heteroatoms. The normalized spacial score (nSPS) is 15.6. The van der Waals surface area contributed by atoms with E-state index < -0.39 is 25.0 Å². The number of aliphatic hydroxyl groups excluding tert-OH is 2. The van der Waals surface area contributed by atoms with Crippen LogP contribution in [0.15, 0.2) is 22.7 Å². The summed E-state index contributed by atoms with van der Waals surface area (Å²) in [5.74, 6) is 0.469. The molecule has 2 heterocycles. The number of halogens is 2. The largest absolute Gasteiger partial charge is 0.494 e. The maximum absolute atomic E-state index is 12.6. The van der Waals surface area contributed by atoms with Gasteiger partial charge >= 0.3 is 6.43 Å². The van der Waals surface area contributed by atoms with Gasteiger partial charge in [-0.3, -0.25) is 4.79 Å². The van der Waals surface area contributed by atoms with E-state index in [4.69, 9.17) is 9.84 Å². The number of carbonyl (C=O) groups is 1. The van der Waals surface area contributed by atoms with Crippen LogP contribution in [-0.2, 0) is 0 Å². The SMILES string of the molecule is Cc1cc(OCCCC2CCN(c3noc(C(F)F)n3)CC2)ccc1C(=O)NCC(O)CO. The highest BCUT2D eigenvalue weighted by atomic mass is 19.3. The number of aromatic nitrogens is 2. The first kappa shape index (κ1) is 24.8. The van der Waals surface area contributed by atoms with Crippen molar-refractivity contribution in [2.24, 2.45) is 5.92 Å². The highest BCUT2D eigenvalue weighted by Crippen LogP contribution is 2.26. The molecule has 0 radical (unpaired) electrons. The van der Waals surface area contributed by atoms with Gasteiger partial charge in [0.15, 0.2) is 0 Å². The Kier molecular flexibility index (Phi) is 8.95. The Morgan fingerprint density at radius 2 is 2.12 bits per heavy atom. The second-order valence-corrected chi connectivity index (χ2v) is 8.18. The second kappa shape index (κ2) is 11.9. The number of benzene rings is 1. The zero-order chi connectivity index (χ0) is 23.8. The fourth-order valence-corrected chi connectivity index (χ4v) is 3.78. The number of alkyl halides is 2. The van der Waals surface area contributed by atoms with Crippen molar-refractivity contribution in [1.29, 1.82) is 0 Å². The Morgan fingerprint density at radius 1 is 1.36 bits per heavy atom.